The molecule has 0 heterocycles. The average Bonchev–Trinajstić information content (AvgIpc) is 2.03. The monoisotopic (exact) mass is 810 g/mol. The number of halogens is 2. The van der Waals surface area contributed by atoms with E-state index in [9.17, 15) is 19.2 Å². The molecule has 102 valence electrons. The molecule has 0 atom stereocenters. The van der Waals surface area contributed by atoms with Gasteiger partial charge in [0.05, 0.1) is 0 Å². The van der Waals surface area contributed by atoms with Crippen LogP contribution in [0.15, 0.2) is 0 Å². The molecule has 10 heteroatoms. The van der Waals surface area contributed by atoms with E-state index in [0.717, 1.165) is 0 Å². The van der Waals surface area contributed by atoms with Crippen LogP contribution in [0.5, 0.6) is 0 Å². The number of hydrogen-bond donors (Lipinski definition) is 1. The van der Waals surface area contributed by atoms with Gasteiger partial charge in [-0.2, -0.15) is 7.11 Å². The molecule has 0 unspecified atom stereocenters. The van der Waals surface area contributed by atoms with Crippen molar-refractivity contribution in [3.63, 3.8) is 0 Å². The van der Waals surface area contributed by atoms with E-state index < -0.39 is 22.4 Å². The molecule has 0 aromatic heterocycles. The van der Waals surface area contributed by atoms with Crippen LogP contribution in [0.25, 0.3) is 0 Å². The first-order chi connectivity index (χ1) is 5.82. The Bertz CT molecular complexity index is 236. The van der Waals surface area contributed by atoms with Crippen LogP contribution in [0.3, 0.4) is 0 Å². The Labute approximate surface area is 104 Å². The summed E-state index contributed by atoms with van der Waals surface area (Å²) >= 11 is 8.98. The number of carboxylic acid groups (broad SMARTS) is 1. The smallest absolute Gasteiger partial charge is 0.412 e. The van der Waals surface area contributed by atoms with Gasteiger partial charge in [-0.3, -0.25) is 9.59 Å². The zero-order chi connectivity index (χ0) is 11.0. The number of carboxylic acids is 1. The summed E-state index contributed by atoms with van der Waals surface area (Å²) in [4.78, 5) is 37.9. The third-order valence-corrected chi connectivity index (χ3v) is 0.900. The Balaban J connectivity index is -0.0000000212. The minimum Gasteiger partial charge on any atom is -0.632 e. The van der Waals surface area contributed by atoms with Crippen LogP contribution >= 0.6 is 23.2 Å². The van der Waals surface area contributed by atoms with E-state index >= 15 is 0 Å². The fraction of sp³-hybridized carbons (Fsp3) is 0. The van der Waals surface area contributed by atoms with Crippen molar-refractivity contribution < 1.29 is 29.0 Å². The van der Waals surface area contributed by atoms with Gasteiger partial charge in [0.2, 0.25) is 0 Å². The molecule has 0 aliphatic carbocycles. The number of carbonyl (C=O) groups is 4. The SMILES string of the molecule is O=C(Cl)C(=O)Cl.[CH2-]OC(=O)C(=O)O.[CH3-].[CH3-].[CH3-].[Db].[Db]. The van der Waals surface area contributed by atoms with Crippen molar-refractivity contribution >= 4 is 45.6 Å². The van der Waals surface area contributed by atoms with Crippen molar-refractivity contribution in [2.24, 2.45) is 0 Å². The van der Waals surface area contributed by atoms with E-state index in [1.807, 2.05) is 0 Å². The Morgan fingerprint density at radius 1 is 0.889 bits per heavy atom. The van der Waals surface area contributed by atoms with Crippen LogP contribution in [-0.2, 0) is 23.9 Å². The fourth-order valence-electron chi connectivity index (χ4n) is 0.0617. The van der Waals surface area contributed by atoms with Crippen molar-refractivity contribution in [3.8, 4) is 0 Å². The average molecular weight is 811 g/mol. The van der Waals surface area contributed by atoms with E-state index in [1.165, 1.54) is 0 Å². The number of aliphatic carboxylic acids is 1. The molecule has 1 N–H and O–H groups in total. The first-order valence-electron chi connectivity index (χ1n) is 2.41. The van der Waals surface area contributed by atoms with E-state index in [0.29, 0.717) is 0 Å². The summed E-state index contributed by atoms with van der Waals surface area (Å²) in [6, 6.07) is 0. The fourth-order valence-corrected chi connectivity index (χ4v) is 0.0617. The molecule has 0 amide bonds. The van der Waals surface area contributed by atoms with Gasteiger partial charge in [0.1, 0.15) is 0 Å². The van der Waals surface area contributed by atoms with Crippen LogP contribution in [0.4, 0.5) is 0 Å². The predicted octanol–water partition coefficient (Wildman–Crippen LogP) is 1.27. The molecule has 0 spiro atoms. The van der Waals surface area contributed by atoms with Gasteiger partial charge in [0, 0.05) is 0 Å². The molecule has 0 aromatic rings. The maximum atomic E-state index is 9.63. The standard InChI is InChI=1S/C3H3O4.C2Cl2O2.3CH3.2Db/c1-7-3(6)2(4)5;3-1(5)2(4)6;;;;;/h1H2,(H,4,5);;3*1H3;;/q-1;;3*-1;;. The zero-order valence-corrected chi connectivity index (χ0v) is 24.7. The second-order valence-corrected chi connectivity index (χ2v) is 1.97. The summed E-state index contributed by atoms with van der Waals surface area (Å²) < 4.78 is 3.52. The van der Waals surface area contributed by atoms with Crippen molar-refractivity contribution in [2.75, 3.05) is 0 Å². The molecule has 0 radical (unpaired) electrons. The van der Waals surface area contributed by atoms with Gasteiger partial charge in [0.25, 0.3) is 0 Å². The number of ether oxygens (including phenoxy) is 1. The summed E-state index contributed by atoms with van der Waals surface area (Å²) in [6.07, 6.45) is 0. The maximum Gasteiger partial charge on any atom is 0.412 e. The van der Waals surface area contributed by atoms with Gasteiger partial charge in [-0.25, -0.2) is 9.59 Å². The Hall–Kier alpha value is -3.14. The number of carbonyl (C=O) groups excluding carboxylic acids is 3. The summed E-state index contributed by atoms with van der Waals surface area (Å²) in [5, 5.41) is 5.38. The van der Waals surface area contributed by atoms with Gasteiger partial charge in [-0.05, 0) is 23.2 Å². The van der Waals surface area contributed by atoms with Crippen LogP contribution in [0.2, 0.25) is 0 Å². The molecular weight excluding hydrogens is 799 g/mol. The zero-order valence-electron chi connectivity index (χ0n) is 10.4. The van der Waals surface area contributed by atoms with Gasteiger partial charge >= 0.3 is 22.4 Å². The first kappa shape index (κ1) is 46.2. The number of esters is 1. The van der Waals surface area contributed by atoms with Crippen LogP contribution in [0, 0.1) is 29.4 Å². The van der Waals surface area contributed by atoms with Crippen molar-refractivity contribution in [3.05, 3.63) is 29.4 Å². The van der Waals surface area contributed by atoms with E-state index in [-0.39, 0.29) is 22.3 Å². The number of hydrogen-bond acceptors (Lipinski definition) is 5. The van der Waals surface area contributed by atoms with Crippen LogP contribution in [0.1, 0.15) is 0 Å². The van der Waals surface area contributed by atoms with Crippen LogP contribution in [-0.4, -0.2) is 27.5 Å². The Morgan fingerprint density at radius 3 is 1.11 bits per heavy atom. The largest absolute Gasteiger partial charge is 0.632 e. The molecule has 0 fully saturated rings. The van der Waals surface area contributed by atoms with Gasteiger partial charge in [-0.15, -0.1) is 0 Å². The summed E-state index contributed by atoms with van der Waals surface area (Å²) in [7, 11) is 2.58. The van der Waals surface area contributed by atoms with E-state index in [1.54, 1.807) is 0 Å². The molecule has 0 saturated heterocycles. The molecule has 6 nitrogen and oxygen atoms in total. The van der Waals surface area contributed by atoms with E-state index in [4.69, 9.17) is 5.11 Å². The molecule has 0 aliphatic heterocycles. The number of rotatable bonds is 1. The van der Waals surface area contributed by atoms with Crippen molar-refractivity contribution in [1.29, 1.82) is 0 Å². The quantitative estimate of drug-likeness (QED) is 0.186. The van der Waals surface area contributed by atoms with E-state index in [2.05, 4.69) is 35.0 Å². The molecule has 0 aliphatic rings. The maximum absolute atomic E-state index is 9.63. The molecule has 0 aromatic carbocycles. The predicted molar refractivity (Wildman–Crippen MR) is 60.0 cm³/mol. The molecule has 0 bridgehead atoms. The second-order valence-electron chi connectivity index (χ2n) is 1.28. The second kappa shape index (κ2) is 23.6. The summed E-state index contributed by atoms with van der Waals surface area (Å²) in [6.45, 7) is 0. The molecule has 0 saturated carbocycles. The minimum atomic E-state index is -1.63. The third kappa shape index (κ3) is 38.4. The Morgan fingerprint density at radius 2 is 1.11 bits per heavy atom. The summed E-state index contributed by atoms with van der Waals surface area (Å²) in [5.41, 5.74) is 0. The van der Waals surface area contributed by atoms with Crippen molar-refractivity contribution in [1.82, 2.24) is 0 Å². The Kier molecular flexibility index (Phi) is 60.5. The minimum absolute atomic E-state index is 0. The van der Waals surface area contributed by atoms with Gasteiger partial charge in [-0.1, -0.05) is 0 Å². The third-order valence-electron chi connectivity index (χ3n) is 0.460. The van der Waals surface area contributed by atoms with Crippen LogP contribution < -0.4 is 0 Å². The van der Waals surface area contributed by atoms with Gasteiger partial charge in [0.15, 0.2) is 0 Å². The van der Waals surface area contributed by atoms with Gasteiger partial charge < -0.3 is 32.1 Å². The molecular formula is C8H12Cl2Db2O6-4. The molecule has 18 heavy (non-hydrogen) atoms. The first-order valence-corrected chi connectivity index (χ1v) is 3.17. The normalized spacial score (nSPS) is 5.50. The summed E-state index contributed by atoms with van der Waals surface area (Å²) in [5.74, 6) is -2.98. The topological polar surface area (TPSA) is 97.7 Å². The molecule has 0 rings (SSSR count). The van der Waals surface area contributed by atoms with Crippen molar-refractivity contribution in [2.45, 2.75) is 0 Å².